The molecule has 1 aromatic heterocycles. The quantitative estimate of drug-likeness (QED) is 0.652. The second-order valence-corrected chi connectivity index (χ2v) is 4.77. The summed E-state index contributed by atoms with van der Waals surface area (Å²) in [6.45, 7) is 2.65. The van der Waals surface area contributed by atoms with Crippen LogP contribution in [-0.4, -0.2) is 21.8 Å². The van der Waals surface area contributed by atoms with E-state index in [1.54, 1.807) is 21.1 Å². The first kappa shape index (κ1) is 15.0. The van der Waals surface area contributed by atoms with Crippen LogP contribution in [0.1, 0.15) is 16.8 Å². The Labute approximate surface area is 122 Å². The van der Waals surface area contributed by atoms with Gasteiger partial charge in [0.2, 0.25) is 5.82 Å². The summed E-state index contributed by atoms with van der Waals surface area (Å²) in [6, 6.07) is 7.88. The van der Waals surface area contributed by atoms with Crippen LogP contribution in [0.5, 0.6) is 0 Å². The van der Waals surface area contributed by atoms with Crippen molar-refractivity contribution in [3.8, 4) is 0 Å². The van der Waals surface area contributed by atoms with Gasteiger partial charge in [0.1, 0.15) is 5.69 Å². The minimum absolute atomic E-state index is 0.0190. The Hall–Kier alpha value is -2.41. The van der Waals surface area contributed by atoms with Gasteiger partial charge in [-0.2, -0.15) is 5.10 Å². The fraction of sp³-hybridized carbons (Fsp3) is 0.357. The third kappa shape index (κ3) is 3.38. The minimum atomic E-state index is -0.411. The van der Waals surface area contributed by atoms with Crippen molar-refractivity contribution < 1.29 is 9.66 Å². The van der Waals surface area contributed by atoms with E-state index in [-0.39, 0.29) is 5.69 Å². The Kier molecular flexibility index (Phi) is 4.54. The van der Waals surface area contributed by atoms with E-state index in [4.69, 9.17) is 4.74 Å². The highest BCUT2D eigenvalue weighted by molar-refractivity contribution is 5.59. The van der Waals surface area contributed by atoms with E-state index in [1.807, 2.05) is 24.3 Å². The van der Waals surface area contributed by atoms with Crippen LogP contribution in [0, 0.1) is 17.0 Å². The Balaban J connectivity index is 2.17. The predicted molar refractivity (Wildman–Crippen MR) is 79.1 cm³/mol. The lowest BCUT2D eigenvalue weighted by atomic mass is 10.1. The smallest absolute Gasteiger partial charge is 0.333 e. The van der Waals surface area contributed by atoms with Crippen LogP contribution >= 0.6 is 0 Å². The Bertz CT molecular complexity index is 652. The van der Waals surface area contributed by atoms with Crippen molar-refractivity contribution in [3.63, 3.8) is 0 Å². The molecule has 0 aliphatic heterocycles. The number of aromatic nitrogens is 2. The molecule has 21 heavy (non-hydrogen) atoms. The largest absolute Gasteiger partial charge is 0.380 e. The summed E-state index contributed by atoms with van der Waals surface area (Å²) in [6.07, 6.45) is 0. The van der Waals surface area contributed by atoms with Crippen molar-refractivity contribution in [2.24, 2.45) is 7.05 Å². The zero-order valence-corrected chi connectivity index (χ0v) is 12.3. The lowest BCUT2D eigenvalue weighted by Gasteiger charge is -2.08. The van der Waals surface area contributed by atoms with Crippen LogP contribution in [0.4, 0.5) is 11.5 Å². The first-order valence-electron chi connectivity index (χ1n) is 6.51. The van der Waals surface area contributed by atoms with E-state index < -0.39 is 4.92 Å². The fourth-order valence-corrected chi connectivity index (χ4v) is 2.25. The number of benzene rings is 1. The molecule has 0 spiro atoms. The van der Waals surface area contributed by atoms with E-state index in [1.165, 1.54) is 4.68 Å². The first-order chi connectivity index (χ1) is 10.0. The van der Waals surface area contributed by atoms with Gasteiger partial charge in [0, 0.05) is 20.7 Å². The highest BCUT2D eigenvalue weighted by Gasteiger charge is 2.23. The molecule has 1 aromatic carbocycles. The van der Waals surface area contributed by atoms with Gasteiger partial charge in [-0.25, -0.2) is 4.68 Å². The third-order valence-corrected chi connectivity index (χ3v) is 3.14. The number of nitrogens with zero attached hydrogens (tertiary/aromatic N) is 3. The van der Waals surface area contributed by atoms with Crippen molar-refractivity contribution in [2.75, 3.05) is 12.4 Å². The van der Waals surface area contributed by atoms with Crippen LogP contribution in [-0.2, 0) is 24.9 Å². The normalized spacial score (nSPS) is 10.6. The van der Waals surface area contributed by atoms with Gasteiger partial charge < -0.3 is 10.1 Å². The van der Waals surface area contributed by atoms with Gasteiger partial charge in [0.25, 0.3) is 0 Å². The van der Waals surface area contributed by atoms with E-state index in [0.717, 1.165) is 11.1 Å². The van der Waals surface area contributed by atoms with Crippen molar-refractivity contribution >= 4 is 11.5 Å². The maximum absolute atomic E-state index is 11.1. The van der Waals surface area contributed by atoms with Crippen LogP contribution in [0.2, 0.25) is 0 Å². The molecule has 2 aromatic rings. The average Bonchev–Trinajstić information content (AvgIpc) is 2.71. The summed E-state index contributed by atoms with van der Waals surface area (Å²) >= 11 is 0. The van der Waals surface area contributed by atoms with Gasteiger partial charge in [-0.3, -0.25) is 10.1 Å². The van der Waals surface area contributed by atoms with E-state index >= 15 is 0 Å². The lowest BCUT2D eigenvalue weighted by molar-refractivity contribution is -0.384. The molecule has 1 N–H and O–H groups in total. The fourth-order valence-electron chi connectivity index (χ4n) is 2.25. The van der Waals surface area contributed by atoms with Crippen LogP contribution in [0.25, 0.3) is 0 Å². The highest BCUT2D eigenvalue weighted by atomic mass is 16.6. The molecule has 7 heteroatoms. The summed E-state index contributed by atoms with van der Waals surface area (Å²) in [5.41, 5.74) is 2.51. The molecule has 2 rings (SSSR count). The summed E-state index contributed by atoms with van der Waals surface area (Å²) in [7, 11) is 3.33. The number of nitrogens with one attached hydrogen (secondary N) is 1. The zero-order chi connectivity index (χ0) is 15.4. The molecule has 1 heterocycles. The molecule has 0 aliphatic carbocycles. The number of anilines is 1. The number of ether oxygens (including phenoxy) is 1. The molecule has 0 aliphatic rings. The molecule has 0 radical (unpaired) electrons. The second-order valence-electron chi connectivity index (χ2n) is 4.77. The van der Waals surface area contributed by atoms with Gasteiger partial charge in [-0.15, -0.1) is 0 Å². The summed E-state index contributed by atoms with van der Waals surface area (Å²) in [4.78, 5) is 10.7. The molecule has 7 nitrogen and oxygen atoms in total. The topological polar surface area (TPSA) is 82.2 Å². The van der Waals surface area contributed by atoms with Gasteiger partial charge in [0.15, 0.2) is 0 Å². The second kappa shape index (κ2) is 6.36. The number of aryl methyl sites for hydroxylation is 2. The summed E-state index contributed by atoms with van der Waals surface area (Å²) in [5, 5.41) is 18.3. The lowest BCUT2D eigenvalue weighted by Crippen LogP contribution is -2.06. The molecular formula is C14H18N4O3. The van der Waals surface area contributed by atoms with Gasteiger partial charge >= 0.3 is 5.69 Å². The molecule has 0 atom stereocenters. The van der Waals surface area contributed by atoms with Gasteiger partial charge in [0.05, 0.1) is 11.5 Å². The third-order valence-electron chi connectivity index (χ3n) is 3.14. The van der Waals surface area contributed by atoms with E-state index in [2.05, 4.69) is 10.4 Å². The maximum atomic E-state index is 11.1. The number of hydrogen-bond donors (Lipinski definition) is 1. The van der Waals surface area contributed by atoms with Crippen molar-refractivity contribution in [1.82, 2.24) is 9.78 Å². The molecule has 112 valence electrons. The monoisotopic (exact) mass is 290 g/mol. The Morgan fingerprint density at radius 3 is 2.81 bits per heavy atom. The summed E-state index contributed by atoms with van der Waals surface area (Å²) < 4.78 is 6.59. The molecule has 0 saturated carbocycles. The molecule has 0 amide bonds. The van der Waals surface area contributed by atoms with Crippen molar-refractivity contribution in [1.29, 1.82) is 0 Å². The molecule has 0 unspecified atom stereocenters. The number of nitro groups is 1. The average molecular weight is 290 g/mol. The Morgan fingerprint density at radius 1 is 1.43 bits per heavy atom. The maximum Gasteiger partial charge on any atom is 0.333 e. The number of hydrogen-bond acceptors (Lipinski definition) is 5. The SMILES string of the molecule is COCc1cccc(CNc2c([N+](=O)[O-])c(C)nn2C)c1. The van der Waals surface area contributed by atoms with Crippen LogP contribution in [0.3, 0.4) is 0 Å². The Morgan fingerprint density at radius 2 is 2.14 bits per heavy atom. The van der Waals surface area contributed by atoms with E-state index in [0.29, 0.717) is 24.7 Å². The predicted octanol–water partition coefficient (Wildman–Crippen LogP) is 2.40. The van der Waals surface area contributed by atoms with Gasteiger partial charge in [-0.05, 0) is 18.1 Å². The highest BCUT2D eigenvalue weighted by Crippen LogP contribution is 2.27. The number of rotatable bonds is 6. The molecule has 0 bridgehead atoms. The number of methoxy groups -OCH3 is 1. The standard InChI is InChI=1S/C14H18N4O3/c1-10-13(18(19)20)14(17(2)16-10)15-8-11-5-4-6-12(7-11)9-21-3/h4-7,15H,8-9H2,1-3H3. The minimum Gasteiger partial charge on any atom is -0.380 e. The first-order valence-corrected chi connectivity index (χ1v) is 6.51. The van der Waals surface area contributed by atoms with Crippen molar-refractivity contribution in [3.05, 3.63) is 51.2 Å². The molecule has 0 fully saturated rings. The van der Waals surface area contributed by atoms with E-state index in [9.17, 15) is 10.1 Å². The van der Waals surface area contributed by atoms with Crippen LogP contribution in [0.15, 0.2) is 24.3 Å². The zero-order valence-electron chi connectivity index (χ0n) is 12.3. The van der Waals surface area contributed by atoms with Crippen LogP contribution < -0.4 is 5.32 Å². The van der Waals surface area contributed by atoms with Crippen molar-refractivity contribution in [2.45, 2.75) is 20.1 Å². The van der Waals surface area contributed by atoms with Gasteiger partial charge in [-0.1, -0.05) is 24.3 Å². The molecular weight excluding hydrogens is 272 g/mol. The summed E-state index contributed by atoms with van der Waals surface area (Å²) in [5.74, 6) is 0.412. The molecule has 0 saturated heterocycles.